The Morgan fingerprint density at radius 1 is 0.706 bits per heavy atom. The summed E-state index contributed by atoms with van der Waals surface area (Å²) in [4.78, 5) is 0. The van der Waals surface area contributed by atoms with Crippen LogP contribution in [0.25, 0.3) is 0 Å². The van der Waals surface area contributed by atoms with Crippen LogP contribution in [0.5, 0.6) is 0 Å². The van der Waals surface area contributed by atoms with E-state index in [1.54, 1.807) is 26.0 Å². The molecule has 0 radical (unpaired) electrons. The molecule has 0 bridgehead atoms. The number of hydrogen-bond donors (Lipinski definition) is 2. The molecule has 0 rings (SSSR count). The van der Waals surface area contributed by atoms with Crippen molar-refractivity contribution in [2.45, 2.75) is 41.5 Å². The minimum absolute atomic E-state index is 0.0993. The zero-order valence-electron chi connectivity index (χ0n) is 11.7. The molecule has 2 heteroatoms. The molecule has 0 aliphatic carbocycles. The number of allylic oxidation sites excluding steroid dienone is 8. The average Bonchev–Trinajstić information content (AvgIpc) is 2.21. The van der Waals surface area contributed by atoms with Crippen molar-refractivity contribution in [2.75, 3.05) is 0 Å². The molecule has 96 valence electrons. The van der Waals surface area contributed by atoms with E-state index in [0.29, 0.717) is 11.5 Å². The van der Waals surface area contributed by atoms with E-state index in [1.165, 1.54) is 0 Å². The van der Waals surface area contributed by atoms with Crippen LogP contribution in [0, 0.1) is 5.41 Å². The molecule has 0 aromatic carbocycles. The van der Waals surface area contributed by atoms with Gasteiger partial charge in [-0.25, -0.2) is 0 Å². The Morgan fingerprint density at radius 2 is 1.00 bits per heavy atom. The molecule has 0 saturated carbocycles. The van der Waals surface area contributed by atoms with Gasteiger partial charge >= 0.3 is 0 Å². The first-order chi connectivity index (χ1) is 7.67. The van der Waals surface area contributed by atoms with Gasteiger partial charge in [-0.05, 0) is 39.8 Å². The van der Waals surface area contributed by atoms with E-state index in [0.717, 1.165) is 11.1 Å². The Labute approximate surface area is 105 Å². The summed E-state index contributed by atoms with van der Waals surface area (Å²) in [6.45, 7) is 11.6. The van der Waals surface area contributed by atoms with Gasteiger partial charge < -0.3 is 10.2 Å². The molecule has 0 fully saturated rings. The maximum Gasteiger partial charge on any atom is 0.0891 e. The maximum atomic E-state index is 9.14. The van der Waals surface area contributed by atoms with Crippen LogP contribution in [0.1, 0.15) is 41.5 Å². The van der Waals surface area contributed by atoms with Crippen molar-refractivity contribution < 1.29 is 10.2 Å². The van der Waals surface area contributed by atoms with E-state index in [-0.39, 0.29) is 5.41 Å². The van der Waals surface area contributed by atoms with Gasteiger partial charge in [-0.1, -0.05) is 37.1 Å². The average molecular weight is 236 g/mol. The first kappa shape index (κ1) is 15.6. The second-order valence-corrected chi connectivity index (χ2v) is 4.94. The van der Waals surface area contributed by atoms with Crippen LogP contribution in [0.3, 0.4) is 0 Å². The minimum atomic E-state index is -0.0993. The summed E-state index contributed by atoms with van der Waals surface area (Å²) in [5.74, 6) is 0.598. The maximum absolute atomic E-state index is 9.14. The van der Waals surface area contributed by atoms with Crippen LogP contribution < -0.4 is 0 Å². The SMILES string of the molecule is C/C(O)=C\C=C(/C)C(C)(C)/C(C)=C/C=C(\C)O. The summed E-state index contributed by atoms with van der Waals surface area (Å²) >= 11 is 0. The van der Waals surface area contributed by atoms with E-state index in [2.05, 4.69) is 13.8 Å². The highest BCUT2D eigenvalue weighted by Gasteiger charge is 2.21. The third kappa shape index (κ3) is 5.43. The first-order valence-electron chi connectivity index (χ1n) is 5.77. The molecule has 0 heterocycles. The predicted molar refractivity (Wildman–Crippen MR) is 74.1 cm³/mol. The van der Waals surface area contributed by atoms with Gasteiger partial charge in [-0.15, -0.1) is 0 Å². The van der Waals surface area contributed by atoms with Crippen LogP contribution in [0.2, 0.25) is 0 Å². The van der Waals surface area contributed by atoms with Crippen molar-refractivity contribution >= 4 is 0 Å². The van der Waals surface area contributed by atoms with Crippen LogP contribution in [0.4, 0.5) is 0 Å². The zero-order chi connectivity index (χ0) is 13.6. The van der Waals surface area contributed by atoms with Gasteiger partial charge in [0.15, 0.2) is 0 Å². The fraction of sp³-hybridized carbons (Fsp3) is 0.467. The van der Waals surface area contributed by atoms with Crippen molar-refractivity contribution in [2.24, 2.45) is 5.41 Å². The Balaban J connectivity index is 5.13. The summed E-state index contributed by atoms with van der Waals surface area (Å²) in [6.07, 6.45) is 7.22. The molecular formula is C15H24O2. The lowest BCUT2D eigenvalue weighted by atomic mass is 9.78. The lowest BCUT2D eigenvalue weighted by Crippen LogP contribution is -2.14. The molecule has 0 atom stereocenters. The fourth-order valence-corrected chi connectivity index (χ4v) is 1.22. The Kier molecular flexibility index (Phi) is 5.80. The van der Waals surface area contributed by atoms with Gasteiger partial charge in [0.25, 0.3) is 0 Å². The number of aliphatic hydroxyl groups is 2. The van der Waals surface area contributed by atoms with Crippen LogP contribution >= 0.6 is 0 Å². The van der Waals surface area contributed by atoms with Crippen LogP contribution in [-0.4, -0.2) is 10.2 Å². The van der Waals surface area contributed by atoms with Crippen LogP contribution in [0.15, 0.2) is 47.0 Å². The third-order valence-corrected chi connectivity index (χ3v) is 3.12. The van der Waals surface area contributed by atoms with E-state index in [9.17, 15) is 0 Å². The van der Waals surface area contributed by atoms with Gasteiger partial charge in [0.1, 0.15) is 0 Å². The molecule has 17 heavy (non-hydrogen) atoms. The normalized spacial score (nSPS) is 16.4. The second-order valence-electron chi connectivity index (χ2n) is 4.94. The zero-order valence-corrected chi connectivity index (χ0v) is 11.7. The Morgan fingerprint density at radius 3 is 1.24 bits per heavy atom. The first-order valence-corrected chi connectivity index (χ1v) is 5.77. The van der Waals surface area contributed by atoms with Gasteiger partial charge in [-0.3, -0.25) is 0 Å². The highest BCUT2D eigenvalue weighted by Crippen LogP contribution is 2.34. The number of hydrogen-bond acceptors (Lipinski definition) is 2. The van der Waals surface area contributed by atoms with Gasteiger partial charge in [0.2, 0.25) is 0 Å². The molecule has 0 unspecified atom stereocenters. The molecule has 0 spiro atoms. The summed E-state index contributed by atoms with van der Waals surface area (Å²) in [5.41, 5.74) is 2.21. The summed E-state index contributed by atoms with van der Waals surface area (Å²) in [7, 11) is 0. The monoisotopic (exact) mass is 236 g/mol. The summed E-state index contributed by atoms with van der Waals surface area (Å²) in [5, 5.41) is 18.3. The quantitative estimate of drug-likeness (QED) is 0.542. The third-order valence-electron chi connectivity index (χ3n) is 3.12. The van der Waals surface area contributed by atoms with Gasteiger partial charge in [-0.2, -0.15) is 0 Å². The van der Waals surface area contributed by atoms with E-state index < -0.39 is 0 Å². The molecule has 0 aromatic rings. The predicted octanol–water partition coefficient (Wildman–Crippen LogP) is 4.83. The summed E-state index contributed by atoms with van der Waals surface area (Å²) < 4.78 is 0. The van der Waals surface area contributed by atoms with Gasteiger partial charge in [0, 0.05) is 5.41 Å². The van der Waals surface area contributed by atoms with Crippen molar-refractivity contribution in [1.29, 1.82) is 0 Å². The lowest BCUT2D eigenvalue weighted by molar-refractivity contribution is 0.414. The van der Waals surface area contributed by atoms with Crippen LogP contribution in [-0.2, 0) is 0 Å². The highest BCUT2D eigenvalue weighted by atomic mass is 16.3. The lowest BCUT2D eigenvalue weighted by Gasteiger charge is -2.27. The Bertz CT molecular complexity index is 336. The molecule has 0 aliphatic heterocycles. The van der Waals surface area contributed by atoms with Crippen molar-refractivity contribution in [3.63, 3.8) is 0 Å². The fourth-order valence-electron chi connectivity index (χ4n) is 1.22. The number of rotatable bonds is 4. The topological polar surface area (TPSA) is 40.5 Å². The van der Waals surface area contributed by atoms with E-state index >= 15 is 0 Å². The highest BCUT2D eigenvalue weighted by molar-refractivity contribution is 5.30. The molecule has 0 aliphatic rings. The molecule has 0 amide bonds. The van der Waals surface area contributed by atoms with Crippen molar-refractivity contribution in [3.8, 4) is 0 Å². The van der Waals surface area contributed by atoms with Gasteiger partial charge in [0.05, 0.1) is 11.5 Å². The van der Waals surface area contributed by atoms with Crippen molar-refractivity contribution in [3.05, 3.63) is 47.0 Å². The minimum Gasteiger partial charge on any atom is -0.513 e. The second kappa shape index (κ2) is 6.33. The molecule has 0 saturated heterocycles. The smallest absolute Gasteiger partial charge is 0.0891 e. The van der Waals surface area contributed by atoms with E-state index in [4.69, 9.17) is 10.2 Å². The largest absolute Gasteiger partial charge is 0.513 e. The molecule has 2 N–H and O–H groups in total. The molecule has 0 aromatic heterocycles. The molecular weight excluding hydrogens is 212 g/mol. The van der Waals surface area contributed by atoms with Crippen molar-refractivity contribution in [1.82, 2.24) is 0 Å². The number of aliphatic hydroxyl groups excluding tert-OH is 2. The standard InChI is InChI=1S/C15H24O2/c1-11(7-9-13(3)16)15(5,6)12(2)8-10-14(4)17/h7-10,16-17H,1-6H3/b11-7+,12-8+,13-9+,14-10+. The van der Waals surface area contributed by atoms with E-state index in [1.807, 2.05) is 26.0 Å². The summed E-state index contributed by atoms with van der Waals surface area (Å²) in [6, 6.07) is 0. The molecule has 2 nitrogen and oxygen atoms in total. The Hall–Kier alpha value is -1.44.